The molecule has 0 aliphatic carbocycles. The summed E-state index contributed by atoms with van der Waals surface area (Å²) in [6.45, 7) is 2.63. The third-order valence-corrected chi connectivity index (χ3v) is 4.49. The fourth-order valence-corrected chi connectivity index (χ4v) is 3.07. The van der Waals surface area contributed by atoms with Crippen molar-refractivity contribution in [3.8, 4) is 5.75 Å². The largest absolute Gasteiger partial charge is 0.497 e. The molecule has 1 atom stereocenters. The van der Waals surface area contributed by atoms with Gasteiger partial charge in [-0.2, -0.15) is 0 Å². The molecule has 1 amide bonds. The number of nitrogens with zero attached hydrogens (tertiary/aromatic N) is 1. The van der Waals surface area contributed by atoms with Crippen LogP contribution in [0.1, 0.15) is 35.7 Å². The number of nitrogens with one attached hydrogen (secondary N) is 1. The van der Waals surface area contributed by atoms with Crippen molar-refractivity contribution in [2.45, 2.75) is 32.2 Å². The minimum absolute atomic E-state index is 0.0241. The zero-order valence-corrected chi connectivity index (χ0v) is 14.4. The lowest BCUT2D eigenvalue weighted by Crippen LogP contribution is -2.28. The molecule has 5 nitrogen and oxygen atoms in total. The Morgan fingerprint density at radius 3 is 2.78 bits per heavy atom. The van der Waals surface area contributed by atoms with Gasteiger partial charge >= 0.3 is 0 Å². The van der Waals surface area contributed by atoms with Crippen molar-refractivity contribution in [2.24, 2.45) is 5.73 Å². The highest BCUT2D eigenvalue weighted by Crippen LogP contribution is 2.18. The van der Waals surface area contributed by atoms with Crippen molar-refractivity contribution in [1.82, 2.24) is 10.3 Å². The number of nitrogens with two attached hydrogens (primary N) is 1. The first-order valence-corrected chi connectivity index (χ1v) is 8.57. The Labute approximate surface area is 140 Å². The fraction of sp³-hybridized carbons (Fsp3) is 0.412. The first-order chi connectivity index (χ1) is 11.1. The Kier molecular flexibility index (Phi) is 6.55. The van der Waals surface area contributed by atoms with E-state index in [1.165, 1.54) is 0 Å². The highest BCUT2D eigenvalue weighted by atomic mass is 32.1. The van der Waals surface area contributed by atoms with Gasteiger partial charge in [0.25, 0.3) is 0 Å². The van der Waals surface area contributed by atoms with Crippen molar-refractivity contribution < 1.29 is 9.53 Å². The predicted molar refractivity (Wildman–Crippen MR) is 92.7 cm³/mol. The van der Waals surface area contributed by atoms with Crippen LogP contribution in [0.4, 0.5) is 0 Å². The first-order valence-electron chi connectivity index (χ1n) is 7.69. The number of hydrogen-bond acceptors (Lipinski definition) is 5. The molecule has 0 spiro atoms. The molecule has 3 N–H and O–H groups in total. The Morgan fingerprint density at radius 2 is 2.13 bits per heavy atom. The van der Waals surface area contributed by atoms with E-state index in [-0.39, 0.29) is 11.9 Å². The summed E-state index contributed by atoms with van der Waals surface area (Å²) >= 11 is 1.59. The summed E-state index contributed by atoms with van der Waals surface area (Å²) in [6.07, 6.45) is 2.11. The summed E-state index contributed by atoms with van der Waals surface area (Å²) in [5, 5.41) is 5.99. The number of methoxy groups -OCH3 is 1. The second-order valence-electron chi connectivity index (χ2n) is 5.36. The van der Waals surface area contributed by atoms with Gasteiger partial charge in [0.2, 0.25) is 5.91 Å². The van der Waals surface area contributed by atoms with Gasteiger partial charge in [-0.3, -0.25) is 4.79 Å². The second-order valence-corrected chi connectivity index (χ2v) is 6.31. The molecule has 23 heavy (non-hydrogen) atoms. The summed E-state index contributed by atoms with van der Waals surface area (Å²) in [5.74, 6) is 0.781. The van der Waals surface area contributed by atoms with Crippen LogP contribution in [0.25, 0.3) is 0 Å². The third kappa shape index (κ3) is 5.33. The molecule has 0 aliphatic heterocycles. The molecular formula is C17H23N3O2S. The molecule has 0 fully saturated rings. The van der Waals surface area contributed by atoms with Gasteiger partial charge in [-0.25, -0.2) is 4.98 Å². The van der Waals surface area contributed by atoms with Crippen molar-refractivity contribution in [1.29, 1.82) is 0 Å². The van der Waals surface area contributed by atoms with E-state index in [0.717, 1.165) is 34.9 Å². The van der Waals surface area contributed by atoms with Crippen molar-refractivity contribution >= 4 is 17.2 Å². The smallest absolute Gasteiger partial charge is 0.226 e. The minimum Gasteiger partial charge on any atom is -0.497 e. The molecule has 1 aromatic carbocycles. The normalized spacial score (nSPS) is 12.0. The van der Waals surface area contributed by atoms with Crippen LogP contribution in [0, 0.1) is 0 Å². The number of amides is 1. The van der Waals surface area contributed by atoms with E-state index < -0.39 is 0 Å². The maximum Gasteiger partial charge on any atom is 0.226 e. The third-order valence-electron chi connectivity index (χ3n) is 3.53. The molecule has 2 aromatic rings. The van der Waals surface area contributed by atoms with Crippen LogP contribution in [0.5, 0.6) is 5.75 Å². The van der Waals surface area contributed by atoms with Gasteiger partial charge in [0.1, 0.15) is 5.75 Å². The van der Waals surface area contributed by atoms with Crippen LogP contribution in [-0.2, 0) is 17.6 Å². The number of rotatable bonds is 8. The quantitative estimate of drug-likeness (QED) is 0.778. The van der Waals surface area contributed by atoms with Crippen LogP contribution in [0.15, 0.2) is 29.6 Å². The van der Waals surface area contributed by atoms with Crippen LogP contribution < -0.4 is 15.8 Å². The van der Waals surface area contributed by atoms with E-state index in [2.05, 4.69) is 10.3 Å². The topological polar surface area (TPSA) is 77.2 Å². The average Bonchev–Trinajstić information content (AvgIpc) is 3.00. The molecule has 0 saturated heterocycles. The maximum absolute atomic E-state index is 12.2. The zero-order valence-electron chi connectivity index (χ0n) is 13.5. The average molecular weight is 333 g/mol. The molecule has 2 rings (SSSR count). The molecule has 0 radical (unpaired) electrons. The van der Waals surface area contributed by atoms with Gasteiger partial charge < -0.3 is 15.8 Å². The lowest BCUT2D eigenvalue weighted by atomic mass is 10.1. The van der Waals surface area contributed by atoms with E-state index in [9.17, 15) is 4.79 Å². The lowest BCUT2D eigenvalue weighted by Gasteiger charge is -2.14. The van der Waals surface area contributed by atoms with E-state index in [1.54, 1.807) is 18.4 Å². The van der Waals surface area contributed by atoms with Crippen molar-refractivity contribution in [2.75, 3.05) is 13.7 Å². The summed E-state index contributed by atoms with van der Waals surface area (Å²) in [5.41, 5.74) is 7.36. The maximum atomic E-state index is 12.2. The lowest BCUT2D eigenvalue weighted by molar-refractivity contribution is -0.121. The molecule has 1 heterocycles. The number of benzene rings is 1. The van der Waals surface area contributed by atoms with Gasteiger partial charge in [-0.1, -0.05) is 12.1 Å². The molecule has 0 bridgehead atoms. The molecule has 1 unspecified atom stereocenters. The number of aromatic nitrogens is 1. The number of hydrogen-bond donors (Lipinski definition) is 2. The molecule has 6 heteroatoms. The van der Waals surface area contributed by atoms with Crippen molar-refractivity contribution in [3.63, 3.8) is 0 Å². The zero-order chi connectivity index (χ0) is 16.7. The summed E-state index contributed by atoms with van der Waals surface area (Å²) in [6, 6.07) is 7.64. The number of carbonyl (C=O) groups excluding carboxylic acids is 1. The SMILES string of the molecule is COc1ccc(C(C)NC(=O)Cc2csc(CCCN)n2)cc1. The summed E-state index contributed by atoms with van der Waals surface area (Å²) in [4.78, 5) is 16.6. The molecule has 1 aromatic heterocycles. The molecule has 124 valence electrons. The van der Waals surface area contributed by atoms with Crippen LogP contribution in [-0.4, -0.2) is 24.5 Å². The van der Waals surface area contributed by atoms with E-state index in [1.807, 2.05) is 36.6 Å². The Morgan fingerprint density at radius 1 is 1.39 bits per heavy atom. The Hall–Kier alpha value is -1.92. The number of carbonyl (C=O) groups is 1. The molecule has 0 saturated carbocycles. The van der Waals surface area contributed by atoms with Crippen LogP contribution in [0.3, 0.4) is 0 Å². The van der Waals surface area contributed by atoms with E-state index >= 15 is 0 Å². The van der Waals surface area contributed by atoms with E-state index in [0.29, 0.717) is 13.0 Å². The predicted octanol–water partition coefficient (Wildman–Crippen LogP) is 2.46. The van der Waals surface area contributed by atoms with Crippen LogP contribution >= 0.6 is 11.3 Å². The van der Waals surface area contributed by atoms with Crippen LogP contribution in [0.2, 0.25) is 0 Å². The Balaban J connectivity index is 1.86. The highest BCUT2D eigenvalue weighted by molar-refractivity contribution is 7.09. The highest BCUT2D eigenvalue weighted by Gasteiger charge is 2.12. The van der Waals surface area contributed by atoms with Gasteiger partial charge in [-0.15, -0.1) is 11.3 Å². The van der Waals surface area contributed by atoms with Gasteiger partial charge in [0.05, 0.1) is 30.3 Å². The molecular weight excluding hydrogens is 310 g/mol. The van der Waals surface area contributed by atoms with Gasteiger partial charge in [-0.05, 0) is 37.6 Å². The standard InChI is InChI=1S/C17H23N3O2S/c1-12(13-5-7-15(22-2)8-6-13)19-16(21)10-14-11-23-17(20-14)4-3-9-18/h5-8,11-12H,3-4,9-10,18H2,1-2H3,(H,19,21). The summed E-state index contributed by atoms with van der Waals surface area (Å²) < 4.78 is 5.14. The van der Waals surface area contributed by atoms with Crippen molar-refractivity contribution in [3.05, 3.63) is 45.9 Å². The number of thiazole rings is 1. The second kappa shape index (κ2) is 8.64. The summed E-state index contributed by atoms with van der Waals surface area (Å²) in [7, 11) is 1.63. The monoisotopic (exact) mass is 333 g/mol. The number of ether oxygens (including phenoxy) is 1. The van der Waals surface area contributed by atoms with Gasteiger partial charge in [0.15, 0.2) is 0 Å². The molecule has 0 aliphatic rings. The number of aryl methyl sites for hydroxylation is 1. The fourth-order valence-electron chi connectivity index (χ4n) is 2.23. The van der Waals surface area contributed by atoms with Gasteiger partial charge in [0, 0.05) is 11.8 Å². The van der Waals surface area contributed by atoms with E-state index in [4.69, 9.17) is 10.5 Å². The minimum atomic E-state index is -0.0521. The Bertz CT molecular complexity index is 625. The first kappa shape index (κ1) is 17.4.